The first-order valence-corrected chi connectivity index (χ1v) is 12.1. The Hall–Kier alpha value is -2.11. The summed E-state index contributed by atoms with van der Waals surface area (Å²) >= 11 is 3.21. The zero-order valence-electron chi connectivity index (χ0n) is 19.0. The molecule has 4 atom stereocenters. The van der Waals surface area contributed by atoms with Crippen LogP contribution in [0.25, 0.3) is 0 Å². The van der Waals surface area contributed by atoms with Gasteiger partial charge in [-0.15, -0.1) is 0 Å². The molecule has 0 bridgehead atoms. The molecule has 0 radical (unpaired) electrons. The third-order valence-corrected chi connectivity index (χ3v) is 6.80. The molecule has 186 valence electrons. The number of unbranched alkanes of at least 4 members (excludes halogenated alkanes) is 3. The SMILES string of the molecule is CO[C@@H](C(=O)N1C(=O)OC[C@H]1Cc1ccccc1)[C@H]1O[C@@](O)(CCCCCCO)C(Br)=CC1=O. The summed E-state index contributed by atoms with van der Waals surface area (Å²) in [6.45, 7) is 0.126. The highest BCUT2D eigenvalue weighted by atomic mass is 79.9. The lowest BCUT2D eigenvalue weighted by Crippen LogP contribution is -2.56. The van der Waals surface area contributed by atoms with E-state index in [4.69, 9.17) is 19.3 Å². The lowest BCUT2D eigenvalue weighted by atomic mass is 9.98. The van der Waals surface area contributed by atoms with Crippen molar-refractivity contribution in [3.05, 3.63) is 46.5 Å². The van der Waals surface area contributed by atoms with E-state index in [9.17, 15) is 19.5 Å². The zero-order valence-corrected chi connectivity index (χ0v) is 20.6. The minimum absolute atomic E-state index is 0.0264. The molecule has 2 aliphatic rings. The van der Waals surface area contributed by atoms with Crippen molar-refractivity contribution in [1.82, 2.24) is 4.90 Å². The van der Waals surface area contributed by atoms with Gasteiger partial charge in [0.1, 0.15) is 6.61 Å². The van der Waals surface area contributed by atoms with Gasteiger partial charge in [0.05, 0.1) is 10.5 Å². The summed E-state index contributed by atoms with van der Waals surface area (Å²) in [5.41, 5.74) is 0.921. The number of amides is 2. The average molecular weight is 540 g/mol. The van der Waals surface area contributed by atoms with Crippen molar-refractivity contribution in [3.8, 4) is 0 Å². The third kappa shape index (κ3) is 6.11. The van der Waals surface area contributed by atoms with Gasteiger partial charge in [0.15, 0.2) is 23.8 Å². The predicted octanol–water partition coefficient (Wildman–Crippen LogP) is 2.47. The van der Waals surface area contributed by atoms with Crippen molar-refractivity contribution in [1.29, 1.82) is 0 Å². The maximum atomic E-state index is 13.4. The van der Waals surface area contributed by atoms with Crippen LogP contribution in [0.1, 0.15) is 37.7 Å². The molecule has 0 spiro atoms. The fraction of sp³-hybridized carbons (Fsp3) is 0.542. The van der Waals surface area contributed by atoms with Crippen molar-refractivity contribution >= 4 is 33.7 Å². The predicted molar refractivity (Wildman–Crippen MR) is 125 cm³/mol. The van der Waals surface area contributed by atoms with E-state index in [0.717, 1.165) is 23.3 Å². The Bertz CT molecular complexity index is 907. The lowest BCUT2D eigenvalue weighted by Gasteiger charge is -2.38. The first-order valence-electron chi connectivity index (χ1n) is 11.3. The van der Waals surface area contributed by atoms with Gasteiger partial charge in [-0.2, -0.15) is 0 Å². The van der Waals surface area contributed by atoms with Crippen LogP contribution >= 0.6 is 15.9 Å². The fourth-order valence-corrected chi connectivity index (χ4v) is 4.64. The molecule has 0 unspecified atom stereocenters. The normalized spacial score (nSPS) is 25.8. The first kappa shape index (κ1) is 26.5. The van der Waals surface area contributed by atoms with Gasteiger partial charge in [0.2, 0.25) is 0 Å². The Kier molecular flexibility index (Phi) is 9.38. The summed E-state index contributed by atoms with van der Waals surface area (Å²) in [5.74, 6) is -3.14. The summed E-state index contributed by atoms with van der Waals surface area (Å²) in [4.78, 5) is 39.5. The fourth-order valence-electron chi connectivity index (χ4n) is 4.12. The first-order chi connectivity index (χ1) is 16.3. The van der Waals surface area contributed by atoms with E-state index in [-0.39, 0.29) is 24.1 Å². The zero-order chi connectivity index (χ0) is 24.7. The maximum Gasteiger partial charge on any atom is 0.417 e. The number of methoxy groups -OCH3 is 1. The van der Waals surface area contributed by atoms with Crippen LogP contribution in [0.2, 0.25) is 0 Å². The summed E-state index contributed by atoms with van der Waals surface area (Å²) in [6, 6.07) is 8.80. The smallest absolute Gasteiger partial charge is 0.417 e. The summed E-state index contributed by atoms with van der Waals surface area (Å²) in [5, 5.41) is 20.0. The number of halogens is 1. The standard InChI is InChI=1S/C24H30BrNO8/c1-32-21(20-18(28)14-19(25)24(31,34-20)11-7-2-3-8-12-27)22(29)26-17(15-33-23(26)30)13-16-9-5-4-6-10-16/h4-6,9-10,14,17,20-21,27,31H,2-3,7-8,11-13,15H2,1H3/t17-,20+,21-,24+/m1/s1. The number of aliphatic hydroxyl groups excluding tert-OH is 1. The number of rotatable bonds is 11. The molecule has 9 nitrogen and oxygen atoms in total. The Labute approximate surface area is 206 Å². The van der Waals surface area contributed by atoms with Crippen LogP contribution in [0.3, 0.4) is 0 Å². The second kappa shape index (κ2) is 12.0. The number of hydrogen-bond acceptors (Lipinski definition) is 8. The molecule has 0 aliphatic carbocycles. The van der Waals surface area contributed by atoms with Crippen molar-refractivity contribution in [3.63, 3.8) is 0 Å². The number of carbonyl (C=O) groups is 3. The van der Waals surface area contributed by atoms with E-state index in [0.29, 0.717) is 19.3 Å². The molecule has 2 N–H and O–H groups in total. The Balaban J connectivity index is 1.75. The van der Waals surface area contributed by atoms with E-state index >= 15 is 0 Å². The van der Waals surface area contributed by atoms with Crippen LogP contribution in [-0.2, 0) is 30.2 Å². The summed E-state index contributed by atoms with van der Waals surface area (Å²) < 4.78 is 16.4. The largest absolute Gasteiger partial charge is 0.447 e. The maximum absolute atomic E-state index is 13.4. The summed E-state index contributed by atoms with van der Waals surface area (Å²) in [7, 11) is 1.24. The van der Waals surface area contributed by atoms with E-state index in [2.05, 4.69) is 15.9 Å². The minimum Gasteiger partial charge on any atom is -0.447 e. The Morgan fingerprint density at radius 3 is 2.62 bits per heavy atom. The number of cyclic esters (lactones) is 1. The number of aliphatic hydroxyl groups is 2. The van der Waals surface area contributed by atoms with Crippen LogP contribution in [0, 0.1) is 0 Å². The van der Waals surface area contributed by atoms with Crippen molar-refractivity contribution in [2.24, 2.45) is 0 Å². The lowest BCUT2D eigenvalue weighted by molar-refractivity contribution is -0.227. The monoisotopic (exact) mass is 539 g/mol. The van der Waals surface area contributed by atoms with E-state index < -0.39 is 41.8 Å². The van der Waals surface area contributed by atoms with Crippen LogP contribution in [0.4, 0.5) is 4.79 Å². The number of hydrogen-bond donors (Lipinski definition) is 2. The van der Waals surface area contributed by atoms with E-state index in [1.165, 1.54) is 13.2 Å². The number of benzene rings is 1. The highest BCUT2D eigenvalue weighted by molar-refractivity contribution is 9.11. The van der Waals surface area contributed by atoms with Gasteiger partial charge in [-0.25, -0.2) is 9.69 Å². The molecule has 10 heteroatoms. The Morgan fingerprint density at radius 2 is 1.94 bits per heavy atom. The third-order valence-electron chi connectivity index (χ3n) is 5.95. The molecule has 1 fully saturated rings. The molecule has 2 heterocycles. The van der Waals surface area contributed by atoms with E-state index in [1.54, 1.807) is 0 Å². The molecule has 0 saturated carbocycles. The molecule has 1 saturated heterocycles. The highest BCUT2D eigenvalue weighted by Crippen LogP contribution is 2.36. The van der Waals surface area contributed by atoms with Gasteiger partial charge in [0.25, 0.3) is 5.91 Å². The van der Waals surface area contributed by atoms with E-state index in [1.807, 2.05) is 30.3 Å². The molecule has 34 heavy (non-hydrogen) atoms. The Morgan fingerprint density at radius 1 is 1.24 bits per heavy atom. The molecule has 1 aromatic carbocycles. The van der Waals surface area contributed by atoms with Gasteiger partial charge >= 0.3 is 6.09 Å². The number of imide groups is 1. The molecule has 2 amide bonds. The van der Waals surface area contributed by atoms with Gasteiger partial charge < -0.3 is 24.4 Å². The van der Waals surface area contributed by atoms with Gasteiger partial charge in [-0.1, -0.05) is 43.2 Å². The summed E-state index contributed by atoms with van der Waals surface area (Å²) in [6.07, 6.45) is 0.813. The van der Waals surface area contributed by atoms with Gasteiger partial charge in [-0.05, 0) is 46.8 Å². The number of ether oxygens (including phenoxy) is 3. The molecule has 2 aliphatic heterocycles. The van der Waals surface area contributed by atoms with Crippen LogP contribution < -0.4 is 0 Å². The van der Waals surface area contributed by atoms with Crippen molar-refractivity contribution in [2.45, 2.75) is 62.6 Å². The second-order valence-corrected chi connectivity index (χ2v) is 9.24. The van der Waals surface area contributed by atoms with Crippen LogP contribution in [0.5, 0.6) is 0 Å². The second-order valence-electron chi connectivity index (χ2n) is 8.39. The van der Waals surface area contributed by atoms with Crippen molar-refractivity contribution in [2.75, 3.05) is 20.3 Å². The molecule has 3 rings (SSSR count). The molecular weight excluding hydrogens is 510 g/mol. The number of nitrogens with zero attached hydrogens (tertiary/aromatic N) is 1. The van der Waals surface area contributed by atoms with Gasteiger partial charge in [0, 0.05) is 20.1 Å². The van der Waals surface area contributed by atoms with Crippen LogP contribution in [-0.4, -0.2) is 77.3 Å². The average Bonchev–Trinajstić information content (AvgIpc) is 3.18. The number of ketones is 1. The molecular formula is C24H30BrNO8. The molecule has 0 aromatic heterocycles. The van der Waals surface area contributed by atoms with Crippen molar-refractivity contribution < 1.29 is 38.8 Å². The van der Waals surface area contributed by atoms with Gasteiger partial charge in [-0.3, -0.25) is 9.59 Å². The topological polar surface area (TPSA) is 123 Å². The molecule has 1 aromatic rings. The minimum atomic E-state index is -1.82. The number of carbonyl (C=O) groups excluding carboxylic acids is 3. The van der Waals surface area contributed by atoms with Crippen LogP contribution in [0.15, 0.2) is 40.9 Å². The quantitative estimate of drug-likeness (QED) is 0.411. The highest BCUT2D eigenvalue weighted by Gasteiger charge is 2.50.